The monoisotopic (exact) mass is 225 g/mol. The molecular formula is C10H5F2NOS. The van der Waals surface area contributed by atoms with Gasteiger partial charge >= 0.3 is 0 Å². The largest absolute Gasteiger partial charge is 0.298 e. The summed E-state index contributed by atoms with van der Waals surface area (Å²) in [7, 11) is 0. The van der Waals surface area contributed by atoms with Crippen molar-refractivity contribution < 1.29 is 13.6 Å². The highest BCUT2D eigenvalue weighted by Crippen LogP contribution is 2.31. The summed E-state index contributed by atoms with van der Waals surface area (Å²) < 4.78 is 30.4. The minimum absolute atomic E-state index is 0.192. The van der Waals surface area contributed by atoms with Gasteiger partial charge in [0.25, 0.3) is 0 Å². The van der Waals surface area contributed by atoms with E-state index < -0.39 is 11.6 Å². The molecule has 0 aliphatic rings. The molecule has 0 fully saturated rings. The average molecular weight is 225 g/mol. The molecule has 0 spiro atoms. The summed E-state index contributed by atoms with van der Waals surface area (Å²) in [6, 6.07) is 3.56. The Labute approximate surface area is 88.3 Å². The molecule has 0 aliphatic carbocycles. The minimum Gasteiger partial charge on any atom is -0.298 e. The summed E-state index contributed by atoms with van der Waals surface area (Å²) in [5.74, 6) is -1.38. The van der Waals surface area contributed by atoms with Gasteiger partial charge in [-0.1, -0.05) is 6.07 Å². The Morgan fingerprint density at radius 3 is 2.53 bits per heavy atom. The van der Waals surface area contributed by atoms with Gasteiger partial charge in [-0.3, -0.25) is 4.79 Å². The van der Waals surface area contributed by atoms with Gasteiger partial charge in [0.1, 0.15) is 11.6 Å². The van der Waals surface area contributed by atoms with Crippen LogP contribution in [-0.2, 0) is 0 Å². The van der Waals surface area contributed by atoms with Crippen LogP contribution in [0.3, 0.4) is 0 Å². The molecule has 0 N–H and O–H groups in total. The molecule has 15 heavy (non-hydrogen) atoms. The van der Waals surface area contributed by atoms with Crippen molar-refractivity contribution >= 4 is 17.8 Å². The van der Waals surface area contributed by atoms with Crippen LogP contribution >= 0.6 is 11.5 Å². The number of rotatable bonds is 2. The molecule has 1 heterocycles. The number of carbonyl (C=O) groups is 1. The first kappa shape index (κ1) is 9.92. The highest BCUT2D eigenvalue weighted by molar-refractivity contribution is 7.10. The number of nitrogens with zero attached hydrogens (tertiary/aromatic N) is 1. The zero-order valence-electron chi connectivity index (χ0n) is 7.41. The Hall–Kier alpha value is -1.62. The van der Waals surface area contributed by atoms with Gasteiger partial charge in [0, 0.05) is 0 Å². The topological polar surface area (TPSA) is 30.0 Å². The normalized spacial score (nSPS) is 10.3. The number of benzene rings is 1. The summed E-state index contributed by atoms with van der Waals surface area (Å²) in [5.41, 5.74) is 0.00565. The van der Waals surface area contributed by atoms with Crippen LogP contribution in [0.25, 0.3) is 10.4 Å². The quantitative estimate of drug-likeness (QED) is 0.735. The van der Waals surface area contributed by atoms with Gasteiger partial charge < -0.3 is 0 Å². The van der Waals surface area contributed by atoms with E-state index in [0.29, 0.717) is 6.29 Å². The summed E-state index contributed by atoms with van der Waals surface area (Å²) in [6.07, 6.45) is 1.82. The van der Waals surface area contributed by atoms with Crippen molar-refractivity contribution in [3.05, 3.63) is 41.6 Å². The summed E-state index contributed by atoms with van der Waals surface area (Å²) >= 11 is 0.894. The summed E-state index contributed by atoms with van der Waals surface area (Å²) in [4.78, 5) is 10.8. The Kier molecular flexibility index (Phi) is 2.55. The van der Waals surface area contributed by atoms with Crippen LogP contribution in [0, 0.1) is 11.6 Å². The summed E-state index contributed by atoms with van der Waals surface area (Å²) in [6.45, 7) is 0. The van der Waals surface area contributed by atoms with Gasteiger partial charge in [0.05, 0.1) is 22.2 Å². The van der Waals surface area contributed by atoms with E-state index in [1.807, 2.05) is 0 Å². The van der Waals surface area contributed by atoms with E-state index in [1.165, 1.54) is 12.3 Å². The highest BCUT2D eigenvalue weighted by atomic mass is 32.1. The molecule has 0 aliphatic heterocycles. The molecule has 1 aromatic heterocycles. The SMILES string of the molecule is O=Cc1cnsc1-c1c(F)cccc1F. The maximum Gasteiger partial charge on any atom is 0.153 e. The molecule has 5 heteroatoms. The second-order valence-corrected chi connectivity index (χ2v) is 3.63. The zero-order chi connectivity index (χ0) is 10.8. The van der Waals surface area contributed by atoms with E-state index in [4.69, 9.17) is 0 Å². The lowest BCUT2D eigenvalue weighted by Crippen LogP contribution is -1.89. The van der Waals surface area contributed by atoms with Gasteiger partial charge in [-0.2, -0.15) is 4.37 Å². The number of carbonyl (C=O) groups excluding carboxylic acids is 1. The predicted molar refractivity (Wildman–Crippen MR) is 52.9 cm³/mol. The molecule has 2 rings (SSSR count). The van der Waals surface area contributed by atoms with Gasteiger partial charge in [0.15, 0.2) is 6.29 Å². The number of aromatic nitrogens is 1. The van der Waals surface area contributed by atoms with Crippen molar-refractivity contribution in [3.8, 4) is 10.4 Å². The van der Waals surface area contributed by atoms with Crippen LogP contribution in [0.5, 0.6) is 0 Å². The van der Waals surface area contributed by atoms with Crippen molar-refractivity contribution in [1.82, 2.24) is 4.37 Å². The third-order valence-corrected chi connectivity index (χ3v) is 2.75. The zero-order valence-corrected chi connectivity index (χ0v) is 8.22. The molecule has 0 bridgehead atoms. The Morgan fingerprint density at radius 2 is 1.93 bits per heavy atom. The average Bonchev–Trinajstić information content (AvgIpc) is 2.65. The van der Waals surface area contributed by atoms with E-state index in [9.17, 15) is 13.6 Å². The lowest BCUT2D eigenvalue weighted by Gasteiger charge is -2.01. The molecule has 76 valence electrons. The van der Waals surface area contributed by atoms with Crippen LogP contribution in [0.15, 0.2) is 24.4 Å². The van der Waals surface area contributed by atoms with E-state index in [-0.39, 0.29) is 16.0 Å². The van der Waals surface area contributed by atoms with Crippen molar-refractivity contribution in [3.63, 3.8) is 0 Å². The van der Waals surface area contributed by atoms with Crippen molar-refractivity contribution in [2.75, 3.05) is 0 Å². The molecule has 0 saturated heterocycles. The second kappa shape index (κ2) is 3.86. The molecular weight excluding hydrogens is 220 g/mol. The number of halogens is 2. The fraction of sp³-hybridized carbons (Fsp3) is 0. The van der Waals surface area contributed by atoms with E-state index in [1.54, 1.807) is 0 Å². The van der Waals surface area contributed by atoms with E-state index >= 15 is 0 Å². The van der Waals surface area contributed by atoms with Crippen LogP contribution in [-0.4, -0.2) is 10.7 Å². The lowest BCUT2D eigenvalue weighted by molar-refractivity contribution is 0.112. The first-order chi connectivity index (χ1) is 7.24. The van der Waals surface area contributed by atoms with Crippen LogP contribution < -0.4 is 0 Å². The predicted octanol–water partition coefficient (Wildman–Crippen LogP) is 2.90. The fourth-order valence-corrected chi connectivity index (χ4v) is 2.00. The van der Waals surface area contributed by atoms with Crippen molar-refractivity contribution in [1.29, 1.82) is 0 Å². The van der Waals surface area contributed by atoms with Gasteiger partial charge in [-0.15, -0.1) is 0 Å². The lowest BCUT2D eigenvalue weighted by atomic mass is 10.1. The molecule has 0 unspecified atom stereocenters. The first-order valence-corrected chi connectivity index (χ1v) is 4.85. The Balaban J connectivity index is 2.68. The molecule has 0 atom stereocenters. The first-order valence-electron chi connectivity index (χ1n) is 4.08. The van der Waals surface area contributed by atoms with Crippen LogP contribution in [0.1, 0.15) is 10.4 Å². The van der Waals surface area contributed by atoms with Gasteiger partial charge in [-0.25, -0.2) is 8.78 Å². The molecule has 2 aromatic rings. The third kappa shape index (κ3) is 1.66. The van der Waals surface area contributed by atoms with Crippen LogP contribution in [0.4, 0.5) is 8.78 Å². The Morgan fingerprint density at radius 1 is 1.27 bits per heavy atom. The van der Waals surface area contributed by atoms with E-state index in [0.717, 1.165) is 23.7 Å². The number of hydrogen-bond donors (Lipinski definition) is 0. The van der Waals surface area contributed by atoms with Crippen LogP contribution in [0.2, 0.25) is 0 Å². The molecule has 0 radical (unpaired) electrons. The molecule has 1 aromatic carbocycles. The number of aldehydes is 1. The van der Waals surface area contributed by atoms with Crippen molar-refractivity contribution in [2.45, 2.75) is 0 Å². The molecule has 0 amide bonds. The third-order valence-electron chi connectivity index (χ3n) is 1.91. The summed E-state index contributed by atoms with van der Waals surface area (Å²) in [5, 5.41) is 0. The standard InChI is InChI=1S/C10H5F2NOS/c11-7-2-1-3-8(12)9(7)10-6(5-14)4-13-15-10/h1-5H. The van der Waals surface area contributed by atoms with Gasteiger partial charge in [0.2, 0.25) is 0 Å². The second-order valence-electron chi connectivity index (χ2n) is 2.82. The smallest absolute Gasteiger partial charge is 0.153 e. The van der Waals surface area contributed by atoms with E-state index in [2.05, 4.69) is 4.37 Å². The van der Waals surface area contributed by atoms with Gasteiger partial charge in [-0.05, 0) is 23.7 Å². The maximum absolute atomic E-state index is 13.4. The maximum atomic E-state index is 13.4. The number of hydrogen-bond acceptors (Lipinski definition) is 3. The van der Waals surface area contributed by atoms with Crippen molar-refractivity contribution in [2.24, 2.45) is 0 Å². The molecule has 2 nitrogen and oxygen atoms in total. The highest BCUT2D eigenvalue weighted by Gasteiger charge is 2.16. The fourth-order valence-electron chi connectivity index (χ4n) is 1.24. The molecule has 0 saturated carbocycles. The Bertz CT molecular complexity index is 490. The minimum atomic E-state index is -0.692.